The first-order chi connectivity index (χ1) is 12.8. The maximum absolute atomic E-state index is 6.05. The molecule has 1 heterocycles. The molecule has 122 valence electrons. The maximum atomic E-state index is 6.05. The molecule has 0 spiro atoms. The van der Waals surface area contributed by atoms with Gasteiger partial charge in [-0.15, -0.1) is 0 Å². The molecule has 0 N–H and O–H groups in total. The van der Waals surface area contributed by atoms with Gasteiger partial charge in [-0.1, -0.05) is 72.2 Å². The van der Waals surface area contributed by atoms with Crippen molar-refractivity contribution < 1.29 is 4.42 Å². The summed E-state index contributed by atoms with van der Waals surface area (Å²) in [6.45, 7) is 0. The van der Waals surface area contributed by atoms with E-state index in [9.17, 15) is 0 Å². The number of benzene rings is 4. The fraction of sp³-hybridized carbons (Fsp3) is 0. The van der Waals surface area contributed by atoms with E-state index in [4.69, 9.17) is 4.42 Å². The van der Waals surface area contributed by atoms with E-state index in [-0.39, 0.29) is 0 Å². The van der Waals surface area contributed by atoms with Gasteiger partial charge in [-0.25, -0.2) is 0 Å². The van der Waals surface area contributed by atoms with Crippen molar-refractivity contribution in [3.8, 4) is 22.3 Å². The molecule has 5 rings (SSSR count). The topological polar surface area (TPSA) is 13.1 Å². The predicted molar refractivity (Wildman–Crippen MR) is 113 cm³/mol. The lowest BCUT2D eigenvalue weighted by molar-refractivity contribution is 0.669. The van der Waals surface area contributed by atoms with Crippen molar-refractivity contribution >= 4 is 35.2 Å². The zero-order chi connectivity index (χ0) is 17.5. The molecule has 5 aromatic rings. The first-order valence-electron chi connectivity index (χ1n) is 8.87. The number of hydrogen-bond acceptors (Lipinski definition) is 1. The van der Waals surface area contributed by atoms with Crippen LogP contribution in [0.5, 0.6) is 0 Å². The first kappa shape index (κ1) is 15.0. The van der Waals surface area contributed by atoms with Crippen LogP contribution in [0.3, 0.4) is 0 Å². The molecule has 0 aliphatic heterocycles. The zero-order valence-corrected chi connectivity index (χ0v) is 14.6. The van der Waals surface area contributed by atoms with E-state index in [2.05, 4.69) is 86.7 Å². The molecule has 0 saturated carbocycles. The Kier molecular flexibility index (Phi) is 3.43. The standard InChI is InChI=1S/C24H17BO/c25-20-8-4-7-18(14-20)16-5-3-6-17(13-16)19-11-12-22-21-9-1-2-10-23(21)26-24(22)15-19/h1-15H,25H2. The molecule has 1 aromatic heterocycles. The van der Waals surface area contributed by atoms with Crippen LogP contribution in [0, 0.1) is 0 Å². The minimum absolute atomic E-state index is 0.935. The highest BCUT2D eigenvalue weighted by molar-refractivity contribution is 6.32. The minimum atomic E-state index is 0.935. The van der Waals surface area contributed by atoms with Crippen molar-refractivity contribution in [1.82, 2.24) is 0 Å². The SMILES string of the molecule is Bc1cccc(-c2cccc(-c3ccc4c(c3)oc3ccccc34)c2)c1. The Morgan fingerprint density at radius 2 is 1.15 bits per heavy atom. The summed E-state index contributed by atoms with van der Waals surface area (Å²) in [5.74, 6) is 0. The summed E-state index contributed by atoms with van der Waals surface area (Å²) in [6, 6.07) is 32.0. The second kappa shape index (κ2) is 5.92. The predicted octanol–water partition coefficient (Wildman–Crippen LogP) is 5.18. The summed E-state index contributed by atoms with van der Waals surface area (Å²) in [5, 5.41) is 2.33. The summed E-state index contributed by atoms with van der Waals surface area (Å²) >= 11 is 0. The van der Waals surface area contributed by atoms with Crippen LogP contribution in [0.4, 0.5) is 0 Å². The normalized spacial score (nSPS) is 11.2. The third-order valence-corrected chi connectivity index (χ3v) is 4.93. The van der Waals surface area contributed by atoms with E-state index < -0.39 is 0 Å². The van der Waals surface area contributed by atoms with Crippen LogP contribution in [0.1, 0.15) is 0 Å². The first-order valence-corrected chi connectivity index (χ1v) is 8.87. The molecular formula is C24H17BO. The van der Waals surface area contributed by atoms with Gasteiger partial charge < -0.3 is 4.42 Å². The lowest BCUT2D eigenvalue weighted by Crippen LogP contribution is -2.00. The fourth-order valence-corrected chi connectivity index (χ4v) is 3.61. The smallest absolute Gasteiger partial charge is 0.139 e. The lowest BCUT2D eigenvalue weighted by Gasteiger charge is -2.07. The average Bonchev–Trinajstić information content (AvgIpc) is 3.06. The highest BCUT2D eigenvalue weighted by Crippen LogP contribution is 2.33. The van der Waals surface area contributed by atoms with Gasteiger partial charge in [0.15, 0.2) is 0 Å². The number of rotatable bonds is 2. The summed E-state index contributed by atoms with van der Waals surface area (Å²) in [5.41, 5.74) is 8.00. The van der Waals surface area contributed by atoms with Gasteiger partial charge >= 0.3 is 0 Å². The van der Waals surface area contributed by atoms with E-state index >= 15 is 0 Å². The van der Waals surface area contributed by atoms with Crippen molar-refractivity contribution in [3.05, 3.63) is 91.0 Å². The van der Waals surface area contributed by atoms with Crippen LogP contribution in [0.15, 0.2) is 95.4 Å². The zero-order valence-electron chi connectivity index (χ0n) is 14.6. The Bertz CT molecular complexity index is 1250. The quantitative estimate of drug-likeness (QED) is 0.406. The maximum Gasteiger partial charge on any atom is 0.139 e. The molecule has 0 unspecified atom stereocenters. The minimum Gasteiger partial charge on any atom is -0.456 e. The van der Waals surface area contributed by atoms with Crippen LogP contribution < -0.4 is 5.46 Å². The molecule has 2 heteroatoms. The van der Waals surface area contributed by atoms with E-state index in [1.807, 2.05) is 12.1 Å². The van der Waals surface area contributed by atoms with Crippen molar-refractivity contribution in [3.63, 3.8) is 0 Å². The molecule has 0 fully saturated rings. The Labute approximate surface area is 153 Å². The van der Waals surface area contributed by atoms with E-state index in [0.717, 1.165) is 11.2 Å². The summed E-state index contributed by atoms with van der Waals surface area (Å²) in [4.78, 5) is 0. The summed E-state index contributed by atoms with van der Waals surface area (Å²) in [6.07, 6.45) is 0. The molecule has 0 amide bonds. The Morgan fingerprint density at radius 1 is 0.500 bits per heavy atom. The Hall–Kier alpha value is -3.26. The van der Waals surface area contributed by atoms with Gasteiger partial charge in [0.1, 0.15) is 19.0 Å². The van der Waals surface area contributed by atoms with E-state index in [1.54, 1.807) is 0 Å². The molecule has 4 aromatic carbocycles. The van der Waals surface area contributed by atoms with Crippen LogP contribution in [-0.4, -0.2) is 7.85 Å². The Balaban J connectivity index is 1.63. The number of furan rings is 1. The number of hydrogen-bond donors (Lipinski definition) is 0. The highest BCUT2D eigenvalue weighted by Gasteiger charge is 2.08. The third kappa shape index (κ3) is 2.51. The third-order valence-electron chi connectivity index (χ3n) is 4.93. The van der Waals surface area contributed by atoms with Gasteiger partial charge in [0.2, 0.25) is 0 Å². The van der Waals surface area contributed by atoms with Crippen LogP contribution in [0.25, 0.3) is 44.2 Å². The molecule has 0 aliphatic carbocycles. The lowest BCUT2D eigenvalue weighted by atomic mass is 9.91. The van der Waals surface area contributed by atoms with Crippen molar-refractivity contribution in [2.75, 3.05) is 0 Å². The molecule has 0 saturated heterocycles. The monoisotopic (exact) mass is 332 g/mol. The summed E-state index contributed by atoms with van der Waals surface area (Å²) < 4.78 is 6.05. The van der Waals surface area contributed by atoms with Crippen LogP contribution in [0.2, 0.25) is 0 Å². The Morgan fingerprint density at radius 3 is 1.96 bits per heavy atom. The van der Waals surface area contributed by atoms with Gasteiger partial charge in [0.25, 0.3) is 0 Å². The van der Waals surface area contributed by atoms with E-state index in [0.29, 0.717) is 0 Å². The molecule has 0 radical (unpaired) electrons. The highest BCUT2D eigenvalue weighted by atomic mass is 16.3. The number of para-hydroxylation sites is 1. The molecule has 0 atom stereocenters. The average molecular weight is 332 g/mol. The molecule has 0 aliphatic rings. The van der Waals surface area contributed by atoms with Crippen LogP contribution >= 0.6 is 0 Å². The van der Waals surface area contributed by atoms with Gasteiger partial charge in [-0.2, -0.15) is 0 Å². The van der Waals surface area contributed by atoms with E-state index in [1.165, 1.54) is 38.5 Å². The van der Waals surface area contributed by atoms with Gasteiger partial charge in [0, 0.05) is 10.8 Å². The second-order valence-electron chi connectivity index (χ2n) is 6.76. The van der Waals surface area contributed by atoms with Gasteiger partial charge in [-0.05, 0) is 46.5 Å². The summed E-state index contributed by atoms with van der Waals surface area (Å²) in [7, 11) is 2.13. The van der Waals surface area contributed by atoms with Crippen molar-refractivity contribution in [1.29, 1.82) is 0 Å². The molecular weight excluding hydrogens is 315 g/mol. The van der Waals surface area contributed by atoms with Gasteiger partial charge in [0.05, 0.1) is 0 Å². The molecule has 1 nitrogen and oxygen atoms in total. The second-order valence-corrected chi connectivity index (χ2v) is 6.76. The van der Waals surface area contributed by atoms with Crippen molar-refractivity contribution in [2.45, 2.75) is 0 Å². The van der Waals surface area contributed by atoms with Crippen LogP contribution in [-0.2, 0) is 0 Å². The van der Waals surface area contributed by atoms with Gasteiger partial charge in [-0.3, -0.25) is 0 Å². The largest absolute Gasteiger partial charge is 0.456 e. The molecule has 26 heavy (non-hydrogen) atoms. The molecule has 0 bridgehead atoms. The number of fused-ring (bicyclic) bond motifs is 3. The fourth-order valence-electron chi connectivity index (χ4n) is 3.61. The van der Waals surface area contributed by atoms with Crippen molar-refractivity contribution in [2.24, 2.45) is 0 Å².